The molecule has 0 spiro atoms. The first-order valence-electron chi connectivity index (χ1n) is 7.46. The Balaban J connectivity index is 2.28. The fourth-order valence-corrected chi connectivity index (χ4v) is 3.27. The maximum atomic E-state index is 6.01. The third kappa shape index (κ3) is 2.75. The van der Waals surface area contributed by atoms with E-state index in [0.717, 1.165) is 15.6 Å². The maximum absolute atomic E-state index is 6.01. The Morgan fingerprint density at radius 3 is 1.41 bits per heavy atom. The third-order valence-corrected chi connectivity index (χ3v) is 4.55. The zero-order chi connectivity index (χ0) is 15.7. The molecule has 3 rings (SSSR count). The molecule has 3 aromatic rings. The molecule has 0 saturated carbocycles. The zero-order valence-corrected chi connectivity index (χ0v) is 14.0. The van der Waals surface area contributed by atoms with Crippen LogP contribution < -0.4 is 4.46 Å². The first-order chi connectivity index (χ1) is 10.6. The first kappa shape index (κ1) is 15.1. The van der Waals surface area contributed by atoms with E-state index in [9.17, 15) is 0 Å². The molecule has 3 aromatic carbocycles. The van der Waals surface area contributed by atoms with Gasteiger partial charge in [-0.2, -0.15) is 0 Å². The van der Waals surface area contributed by atoms with Crippen molar-refractivity contribution in [3.8, 4) is 22.3 Å². The molecule has 1 heteroatoms. The molecule has 114 valence electrons. The monoisotopic (exact) mass is 334 g/mol. The second-order valence-corrected chi connectivity index (χ2v) is 6.24. The van der Waals surface area contributed by atoms with Crippen molar-refractivity contribution in [2.24, 2.45) is 0 Å². The van der Waals surface area contributed by atoms with Crippen molar-refractivity contribution >= 4 is 4.46 Å². The number of hydrogen-bond acceptors (Lipinski definition) is 0. The van der Waals surface area contributed by atoms with Crippen molar-refractivity contribution in [1.82, 2.24) is 0 Å². The Kier molecular flexibility index (Phi) is 4.20. The van der Waals surface area contributed by atoms with Gasteiger partial charge in [-0.25, -0.2) is 0 Å². The van der Waals surface area contributed by atoms with Crippen LogP contribution >= 0.6 is 0 Å². The van der Waals surface area contributed by atoms with Gasteiger partial charge in [0.2, 0.25) is 0 Å². The zero-order valence-electron chi connectivity index (χ0n) is 13.1. The molecule has 0 radical (unpaired) electrons. The number of rotatable bonds is 2. The Bertz CT molecular complexity index is 764. The van der Waals surface area contributed by atoms with E-state index in [-0.39, 0.29) is 0 Å². The van der Waals surface area contributed by atoms with Gasteiger partial charge in [-0.1, -0.05) is 0 Å². The normalized spacial score (nSPS) is 10.8. The van der Waals surface area contributed by atoms with E-state index in [4.69, 9.17) is 16.0 Å². The molecule has 0 unspecified atom stereocenters. The minimum absolute atomic E-state index is 0.918. The average molecular weight is 335 g/mol. The molecule has 0 nitrogen and oxygen atoms in total. The summed E-state index contributed by atoms with van der Waals surface area (Å²) in [5, 5.41) is 0. The van der Waals surface area contributed by atoms with Crippen molar-refractivity contribution in [3.63, 3.8) is 0 Å². The molecule has 0 atom stereocenters. The van der Waals surface area contributed by atoms with E-state index >= 15 is 0 Å². The molecular weight excluding hydrogens is 316 g/mol. The van der Waals surface area contributed by atoms with Crippen molar-refractivity contribution in [2.75, 3.05) is 0 Å². The molecule has 0 N–H and O–H groups in total. The average Bonchev–Trinajstić information content (AvgIpc) is 2.51. The predicted octanol–water partition coefficient (Wildman–Crippen LogP) is 5.12. The van der Waals surface area contributed by atoms with Crippen LogP contribution in [0.2, 0.25) is 0 Å². The van der Waals surface area contributed by atoms with Crippen molar-refractivity contribution in [3.05, 3.63) is 77.4 Å². The van der Waals surface area contributed by atoms with Crippen LogP contribution in [0, 0.1) is 20.8 Å². The summed E-state index contributed by atoms with van der Waals surface area (Å²) in [6, 6.07) is 21.2. The second-order valence-electron chi connectivity index (χ2n) is 5.77. The summed E-state index contributed by atoms with van der Waals surface area (Å²) in [6.07, 6.45) is 0. The Labute approximate surface area is 141 Å². The van der Waals surface area contributed by atoms with Gasteiger partial charge in [0.25, 0.3) is 0 Å². The van der Waals surface area contributed by atoms with Gasteiger partial charge in [0, 0.05) is 0 Å². The van der Waals surface area contributed by atoms with Crippen LogP contribution in [-0.4, -0.2) is 0 Å². The van der Waals surface area contributed by atoms with E-state index < -0.39 is 0 Å². The molecule has 0 aliphatic heterocycles. The molecule has 0 fully saturated rings. The Morgan fingerprint density at radius 2 is 1.00 bits per heavy atom. The van der Waals surface area contributed by atoms with Gasteiger partial charge in [-0.15, -0.1) is 0 Å². The van der Waals surface area contributed by atoms with E-state index in [1.807, 2.05) is 0 Å². The van der Waals surface area contributed by atoms with Crippen molar-refractivity contribution < 1.29 is 16.0 Å². The van der Waals surface area contributed by atoms with Gasteiger partial charge in [-0.3, -0.25) is 0 Å². The topological polar surface area (TPSA) is 0 Å². The quantitative estimate of drug-likeness (QED) is 0.571. The van der Waals surface area contributed by atoms with E-state index in [1.165, 1.54) is 27.8 Å². The van der Waals surface area contributed by atoms with Crippen LogP contribution in [0.5, 0.6) is 0 Å². The summed E-state index contributed by atoms with van der Waals surface area (Å²) in [5.41, 5.74) is 8.49. The van der Waals surface area contributed by atoms with Crippen LogP contribution in [0.1, 0.15) is 16.7 Å². The summed E-state index contributed by atoms with van der Waals surface area (Å²) >= 11 is 6.01. The van der Waals surface area contributed by atoms with E-state index in [0.29, 0.717) is 0 Å². The summed E-state index contributed by atoms with van der Waals surface area (Å²) in [4.78, 5) is 0. The molecule has 0 aliphatic rings. The number of aryl methyl sites for hydroxylation is 3. The number of benzene rings is 3. The summed E-state index contributed by atoms with van der Waals surface area (Å²) < 4.78 is 0.918. The van der Waals surface area contributed by atoms with E-state index in [1.54, 1.807) is 0 Å². The predicted molar refractivity (Wildman–Crippen MR) is 91.2 cm³/mol. The van der Waals surface area contributed by atoms with Crippen molar-refractivity contribution in [2.45, 2.75) is 20.8 Å². The van der Waals surface area contributed by atoms with Crippen LogP contribution in [0.15, 0.2) is 60.7 Å². The SMILES string of the molecule is Cc1cc(-c2ccccc2C)[c]([Cu])c(-c2ccccc2C)c1. The van der Waals surface area contributed by atoms with Gasteiger partial charge in [0.15, 0.2) is 0 Å². The molecule has 0 amide bonds. The van der Waals surface area contributed by atoms with Gasteiger partial charge in [0.05, 0.1) is 0 Å². The molecule has 22 heavy (non-hydrogen) atoms. The molecular formula is C21H19Cu. The van der Waals surface area contributed by atoms with Crippen LogP contribution in [0.4, 0.5) is 0 Å². The standard InChI is InChI=1S/C21H19.Cu/c1-15-12-18(20-10-6-4-8-16(20)2)14-19(13-15)21-11-7-5-9-17(21)3;/h4-13H,1-3H3;. The third-order valence-electron chi connectivity index (χ3n) is 4.05. The van der Waals surface area contributed by atoms with Crippen molar-refractivity contribution in [1.29, 1.82) is 0 Å². The summed E-state index contributed by atoms with van der Waals surface area (Å²) in [6.45, 7) is 6.41. The van der Waals surface area contributed by atoms with Crippen LogP contribution in [-0.2, 0) is 16.0 Å². The van der Waals surface area contributed by atoms with Crippen LogP contribution in [0.3, 0.4) is 0 Å². The summed E-state index contributed by atoms with van der Waals surface area (Å²) in [7, 11) is 0. The van der Waals surface area contributed by atoms with Gasteiger partial charge < -0.3 is 0 Å². The van der Waals surface area contributed by atoms with Gasteiger partial charge in [0.1, 0.15) is 0 Å². The first-order valence-corrected chi connectivity index (χ1v) is 7.93. The minimum atomic E-state index is 0.918. The van der Waals surface area contributed by atoms with Gasteiger partial charge in [-0.05, 0) is 0 Å². The fourth-order valence-electron chi connectivity index (χ4n) is 2.88. The fraction of sp³-hybridized carbons (Fsp3) is 0.143. The second kappa shape index (κ2) is 6.12. The number of hydrogen-bond donors (Lipinski definition) is 0. The van der Waals surface area contributed by atoms with Gasteiger partial charge >= 0.3 is 141 Å². The molecule has 0 bridgehead atoms. The molecule has 0 heterocycles. The van der Waals surface area contributed by atoms with Crippen LogP contribution in [0.25, 0.3) is 22.3 Å². The Hall–Kier alpha value is -1.82. The summed E-state index contributed by atoms with van der Waals surface area (Å²) in [5.74, 6) is 0. The van der Waals surface area contributed by atoms with E-state index in [2.05, 4.69) is 81.4 Å². The molecule has 0 saturated heterocycles. The Morgan fingerprint density at radius 1 is 0.591 bits per heavy atom. The molecule has 0 aromatic heterocycles. The molecule has 0 aliphatic carbocycles.